The van der Waals surface area contributed by atoms with Gasteiger partial charge in [0.2, 0.25) is 0 Å². The Hall–Kier alpha value is -2.07. The summed E-state index contributed by atoms with van der Waals surface area (Å²) in [5.41, 5.74) is 2.80. The van der Waals surface area contributed by atoms with E-state index < -0.39 is 0 Å². The quantitative estimate of drug-likeness (QED) is 0.696. The first-order valence-corrected chi connectivity index (χ1v) is 6.99. The van der Waals surface area contributed by atoms with Gasteiger partial charge in [0.15, 0.2) is 0 Å². The molecule has 0 bridgehead atoms. The van der Waals surface area contributed by atoms with Crippen LogP contribution in [0, 0.1) is 0 Å². The lowest BCUT2D eigenvalue weighted by Gasteiger charge is -2.10. The van der Waals surface area contributed by atoms with Crippen LogP contribution in [0.25, 0.3) is 11.3 Å². The predicted octanol–water partition coefficient (Wildman–Crippen LogP) is 4.68. The standard InChI is InChI=1S/C16H12BrNO2/c17-13-6-7-14(15-8-9-20-18-15)16(10-13)19-11-12-4-2-1-3-5-12/h1-10H,11H2. The Morgan fingerprint density at radius 2 is 1.90 bits per heavy atom. The van der Waals surface area contributed by atoms with Crippen molar-refractivity contribution >= 4 is 15.9 Å². The third-order valence-corrected chi connectivity index (χ3v) is 3.39. The van der Waals surface area contributed by atoms with E-state index in [1.54, 1.807) is 6.26 Å². The topological polar surface area (TPSA) is 35.3 Å². The van der Waals surface area contributed by atoms with Crippen LogP contribution in [0.5, 0.6) is 5.75 Å². The van der Waals surface area contributed by atoms with E-state index >= 15 is 0 Å². The van der Waals surface area contributed by atoms with Crippen LogP contribution in [0.3, 0.4) is 0 Å². The van der Waals surface area contributed by atoms with Crippen LogP contribution in [0.1, 0.15) is 5.56 Å². The lowest BCUT2D eigenvalue weighted by Crippen LogP contribution is -1.97. The first-order valence-electron chi connectivity index (χ1n) is 6.20. The van der Waals surface area contributed by atoms with Gasteiger partial charge in [-0.25, -0.2) is 0 Å². The van der Waals surface area contributed by atoms with Gasteiger partial charge in [-0.15, -0.1) is 0 Å². The highest BCUT2D eigenvalue weighted by atomic mass is 79.9. The molecule has 3 rings (SSSR count). The average Bonchev–Trinajstić information content (AvgIpc) is 3.00. The number of hydrogen-bond donors (Lipinski definition) is 0. The highest BCUT2D eigenvalue weighted by Crippen LogP contribution is 2.32. The molecule has 3 nitrogen and oxygen atoms in total. The zero-order valence-electron chi connectivity index (χ0n) is 10.6. The van der Waals surface area contributed by atoms with Crippen molar-refractivity contribution in [3.63, 3.8) is 0 Å². The van der Waals surface area contributed by atoms with Crippen molar-refractivity contribution in [1.82, 2.24) is 5.16 Å². The summed E-state index contributed by atoms with van der Waals surface area (Å²) in [6.45, 7) is 0.516. The predicted molar refractivity (Wildman–Crippen MR) is 80.4 cm³/mol. The number of halogens is 1. The fourth-order valence-electron chi connectivity index (χ4n) is 1.91. The van der Waals surface area contributed by atoms with Gasteiger partial charge in [-0.05, 0) is 23.8 Å². The molecule has 0 saturated carbocycles. The Labute approximate surface area is 125 Å². The number of benzene rings is 2. The summed E-state index contributed by atoms with van der Waals surface area (Å²) in [5, 5.41) is 3.96. The second kappa shape index (κ2) is 5.92. The van der Waals surface area contributed by atoms with Gasteiger partial charge in [-0.3, -0.25) is 0 Å². The maximum Gasteiger partial charge on any atom is 0.130 e. The first kappa shape index (κ1) is 12.9. The summed E-state index contributed by atoms with van der Waals surface area (Å²) in [7, 11) is 0. The maximum atomic E-state index is 5.92. The van der Waals surface area contributed by atoms with E-state index in [2.05, 4.69) is 21.1 Å². The number of hydrogen-bond acceptors (Lipinski definition) is 3. The molecule has 0 aliphatic rings. The molecule has 0 amide bonds. The lowest BCUT2D eigenvalue weighted by atomic mass is 10.1. The molecule has 4 heteroatoms. The minimum absolute atomic E-state index is 0.516. The molecule has 0 saturated heterocycles. The summed E-state index contributed by atoms with van der Waals surface area (Å²) < 4.78 is 11.8. The highest BCUT2D eigenvalue weighted by Gasteiger charge is 2.10. The number of aromatic nitrogens is 1. The molecule has 0 fully saturated rings. The third-order valence-electron chi connectivity index (χ3n) is 2.89. The molecule has 2 aromatic carbocycles. The molecule has 0 atom stereocenters. The summed E-state index contributed by atoms with van der Waals surface area (Å²) in [5.74, 6) is 0.775. The summed E-state index contributed by atoms with van der Waals surface area (Å²) in [6.07, 6.45) is 1.55. The Balaban J connectivity index is 1.87. The molecular weight excluding hydrogens is 318 g/mol. The zero-order chi connectivity index (χ0) is 13.8. The second-order valence-electron chi connectivity index (χ2n) is 4.30. The van der Waals surface area contributed by atoms with Crippen molar-refractivity contribution in [3.8, 4) is 17.0 Å². The second-order valence-corrected chi connectivity index (χ2v) is 5.22. The fourth-order valence-corrected chi connectivity index (χ4v) is 2.25. The summed E-state index contributed by atoms with van der Waals surface area (Å²) in [6, 6.07) is 17.7. The Morgan fingerprint density at radius 1 is 1.05 bits per heavy atom. The SMILES string of the molecule is Brc1ccc(-c2ccon2)c(OCc2ccccc2)c1. The van der Waals surface area contributed by atoms with Crippen LogP contribution in [0.2, 0.25) is 0 Å². The molecule has 0 aliphatic heterocycles. The van der Waals surface area contributed by atoms with Crippen molar-refractivity contribution in [2.75, 3.05) is 0 Å². The van der Waals surface area contributed by atoms with E-state index in [0.717, 1.165) is 27.0 Å². The van der Waals surface area contributed by atoms with Gasteiger partial charge in [0.05, 0.1) is 0 Å². The molecule has 1 heterocycles. The van der Waals surface area contributed by atoms with Crippen molar-refractivity contribution < 1.29 is 9.26 Å². The van der Waals surface area contributed by atoms with Gasteiger partial charge in [-0.1, -0.05) is 51.4 Å². The van der Waals surface area contributed by atoms with E-state index in [9.17, 15) is 0 Å². The highest BCUT2D eigenvalue weighted by molar-refractivity contribution is 9.10. The first-order chi connectivity index (χ1) is 9.83. The van der Waals surface area contributed by atoms with Crippen LogP contribution in [-0.4, -0.2) is 5.16 Å². The average molecular weight is 330 g/mol. The van der Waals surface area contributed by atoms with E-state index in [4.69, 9.17) is 9.26 Å². The molecule has 100 valence electrons. The van der Waals surface area contributed by atoms with Crippen molar-refractivity contribution in [1.29, 1.82) is 0 Å². The van der Waals surface area contributed by atoms with Gasteiger partial charge in [0.1, 0.15) is 24.3 Å². The summed E-state index contributed by atoms with van der Waals surface area (Å²) >= 11 is 3.46. The van der Waals surface area contributed by atoms with Crippen LogP contribution < -0.4 is 4.74 Å². The molecule has 0 radical (unpaired) electrons. The Kier molecular flexibility index (Phi) is 3.83. The number of ether oxygens (including phenoxy) is 1. The van der Waals surface area contributed by atoms with Crippen molar-refractivity contribution in [2.24, 2.45) is 0 Å². The van der Waals surface area contributed by atoms with Crippen molar-refractivity contribution in [3.05, 3.63) is 70.9 Å². The molecule has 0 N–H and O–H groups in total. The molecule has 0 unspecified atom stereocenters. The van der Waals surface area contributed by atoms with Crippen LogP contribution >= 0.6 is 15.9 Å². The van der Waals surface area contributed by atoms with E-state index in [1.807, 2.05) is 54.6 Å². The van der Waals surface area contributed by atoms with Gasteiger partial charge >= 0.3 is 0 Å². The molecule has 1 aromatic heterocycles. The molecule has 3 aromatic rings. The normalized spacial score (nSPS) is 10.4. The van der Waals surface area contributed by atoms with Crippen LogP contribution in [0.4, 0.5) is 0 Å². The smallest absolute Gasteiger partial charge is 0.130 e. The van der Waals surface area contributed by atoms with Gasteiger partial charge < -0.3 is 9.26 Å². The van der Waals surface area contributed by atoms with E-state index in [1.165, 1.54) is 0 Å². The summed E-state index contributed by atoms with van der Waals surface area (Å²) in [4.78, 5) is 0. The number of rotatable bonds is 4. The Morgan fingerprint density at radius 3 is 2.65 bits per heavy atom. The van der Waals surface area contributed by atoms with Crippen molar-refractivity contribution in [2.45, 2.75) is 6.61 Å². The van der Waals surface area contributed by atoms with Crippen LogP contribution in [0.15, 0.2) is 69.9 Å². The molecule has 0 aliphatic carbocycles. The maximum absolute atomic E-state index is 5.92. The van der Waals surface area contributed by atoms with Crippen LogP contribution in [-0.2, 0) is 6.61 Å². The third kappa shape index (κ3) is 2.91. The minimum Gasteiger partial charge on any atom is -0.488 e. The van der Waals surface area contributed by atoms with E-state index in [0.29, 0.717) is 6.61 Å². The fraction of sp³-hybridized carbons (Fsp3) is 0.0625. The zero-order valence-corrected chi connectivity index (χ0v) is 12.2. The molecule has 20 heavy (non-hydrogen) atoms. The largest absolute Gasteiger partial charge is 0.488 e. The minimum atomic E-state index is 0.516. The van der Waals surface area contributed by atoms with Gasteiger partial charge in [0, 0.05) is 16.1 Å². The van der Waals surface area contributed by atoms with Gasteiger partial charge in [-0.2, -0.15) is 0 Å². The number of nitrogens with zero attached hydrogens (tertiary/aromatic N) is 1. The monoisotopic (exact) mass is 329 g/mol. The molecular formula is C16H12BrNO2. The van der Waals surface area contributed by atoms with Gasteiger partial charge in [0.25, 0.3) is 0 Å². The van der Waals surface area contributed by atoms with E-state index in [-0.39, 0.29) is 0 Å². The lowest BCUT2D eigenvalue weighted by molar-refractivity contribution is 0.307. The Bertz CT molecular complexity index is 681. The molecule has 0 spiro atoms.